The Morgan fingerprint density at radius 3 is 2.31 bits per heavy atom. The molecule has 1 atom stereocenters. The van der Waals surface area contributed by atoms with Crippen molar-refractivity contribution in [3.05, 3.63) is 54.6 Å². The van der Waals surface area contributed by atoms with Crippen LogP contribution >= 0.6 is 0 Å². The first kappa shape index (κ1) is 20.9. The molecule has 29 heavy (non-hydrogen) atoms. The highest BCUT2D eigenvalue weighted by atomic mass is 32.2. The van der Waals surface area contributed by atoms with E-state index in [0.717, 1.165) is 22.7 Å². The number of benzene rings is 2. The lowest BCUT2D eigenvalue weighted by atomic mass is 10.1. The van der Waals surface area contributed by atoms with Crippen LogP contribution in [0.4, 0.5) is 17.1 Å². The van der Waals surface area contributed by atoms with E-state index in [9.17, 15) is 18.0 Å². The fourth-order valence-corrected chi connectivity index (χ4v) is 4.72. The largest absolute Gasteiger partial charge is 0.324 e. The fourth-order valence-electron chi connectivity index (χ4n) is 3.51. The number of nitrogens with one attached hydrogen (secondary N) is 1. The first-order chi connectivity index (χ1) is 13.8. The maximum absolute atomic E-state index is 12.9. The van der Waals surface area contributed by atoms with Crippen LogP contribution in [0, 0.1) is 0 Å². The van der Waals surface area contributed by atoms with Gasteiger partial charge in [0.2, 0.25) is 21.8 Å². The van der Waals surface area contributed by atoms with Crippen molar-refractivity contribution in [2.45, 2.75) is 32.2 Å². The van der Waals surface area contributed by atoms with E-state index in [0.29, 0.717) is 30.8 Å². The second-order valence-corrected chi connectivity index (χ2v) is 8.86. The van der Waals surface area contributed by atoms with E-state index in [-0.39, 0.29) is 5.91 Å². The highest BCUT2D eigenvalue weighted by Crippen LogP contribution is 2.25. The molecule has 2 aromatic carbocycles. The molecule has 1 aliphatic heterocycles. The van der Waals surface area contributed by atoms with Crippen molar-refractivity contribution < 1.29 is 18.0 Å². The van der Waals surface area contributed by atoms with Crippen LogP contribution in [-0.2, 0) is 19.6 Å². The van der Waals surface area contributed by atoms with E-state index in [4.69, 9.17) is 0 Å². The molecule has 8 heteroatoms. The molecule has 1 saturated heterocycles. The van der Waals surface area contributed by atoms with Gasteiger partial charge in [-0.1, -0.05) is 25.1 Å². The number of rotatable bonds is 7. The minimum Gasteiger partial charge on any atom is -0.324 e. The summed E-state index contributed by atoms with van der Waals surface area (Å²) in [7, 11) is -3.66. The number of anilines is 3. The number of carbonyl (C=O) groups excluding carboxylic acids is 2. The molecular formula is C21H25N3O4S. The van der Waals surface area contributed by atoms with Gasteiger partial charge in [-0.2, -0.15) is 0 Å². The predicted molar refractivity (Wildman–Crippen MR) is 115 cm³/mol. The van der Waals surface area contributed by atoms with Crippen LogP contribution in [0.2, 0.25) is 0 Å². The summed E-state index contributed by atoms with van der Waals surface area (Å²) in [5.41, 5.74) is 1.78. The Labute approximate surface area is 171 Å². The lowest BCUT2D eigenvalue weighted by Gasteiger charge is -2.30. The summed E-state index contributed by atoms with van der Waals surface area (Å²) in [6, 6.07) is 14.7. The second kappa shape index (κ2) is 8.65. The predicted octanol–water partition coefficient (Wildman–Crippen LogP) is 3.00. The molecule has 1 fully saturated rings. The van der Waals surface area contributed by atoms with Gasteiger partial charge in [0.1, 0.15) is 6.04 Å². The van der Waals surface area contributed by atoms with E-state index in [1.165, 1.54) is 0 Å². The van der Waals surface area contributed by atoms with Crippen LogP contribution in [0.3, 0.4) is 0 Å². The minimum absolute atomic E-state index is 0.0967. The number of hydrogen-bond acceptors (Lipinski definition) is 4. The lowest BCUT2D eigenvalue weighted by molar-refractivity contribution is -0.118. The molecule has 0 saturated carbocycles. The van der Waals surface area contributed by atoms with Gasteiger partial charge in [0, 0.05) is 24.3 Å². The van der Waals surface area contributed by atoms with Gasteiger partial charge in [-0.3, -0.25) is 13.9 Å². The van der Waals surface area contributed by atoms with E-state index < -0.39 is 22.0 Å². The van der Waals surface area contributed by atoms with Crippen molar-refractivity contribution in [1.29, 1.82) is 0 Å². The number of nitrogens with zero attached hydrogens (tertiary/aromatic N) is 2. The van der Waals surface area contributed by atoms with Gasteiger partial charge in [0.25, 0.3) is 0 Å². The van der Waals surface area contributed by atoms with Gasteiger partial charge in [-0.15, -0.1) is 0 Å². The standard InChI is InChI=1S/C21H25N3O4S/c1-3-19(24(29(2,27)28)18-8-5-4-6-9-18)21(26)22-16-11-13-17(14-12-16)23-15-7-10-20(23)25/h4-6,8-9,11-14,19H,3,7,10,15H2,1-2H3,(H,22,26). The zero-order valence-corrected chi connectivity index (χ0v) is 17.4. The Bertz CT molecular complexity index is 975. The molecule has 1 unspecified atom stereocenters. The lowest BCUT2D eigenvalue weighted by Crippen LogP contribution is -2.46. The SMILES string of the molecule is CCC(C(=O)Nc1ccc(N2CCCC2=O)cc1)N(c1ccccc1)S(C)(=O)=O. The number of amides is 2. The Morgan fingerprint density at radius 1 is 1.14 bits per heavy atom. The molecular weight excluding hydrogens is 390 g/mol. The van der Waals surface area contributed by atoms with Gasteiger partial charge in [0.05, 0.1) is 11.9 Å². The van der Waals surface area contributed by atoms with Gasteiger partial charge >= 0.3 is 0 Å². The molecule has 3 rings (SSSR count). The third kappa shape index (κ3) is 4.76. The Kier molecular flexibility index (Phi) is 6.22. The van der Waals surface area contributed by atoms with Crippen molar-refractivity contribution >= 4 is 38.9 Å². The van der Waals surface area contributed by atoms with E-state index in [1.807, 2.05) is 0 Å². The monoisotopic (exact) mass is 415 g/mol. The van der Waals surface area contributed by atoms with Crippen LogP contribution in [0.25, 0.3) is 0 Å². The number of carbonyl (C=O) groups is 2. The molecule has 0 radical (unpaired) electrons. The maximum atomic E-state index is 12.9. The van der Waals surface area contributed by atoms with Crippen molar-refractivity contribution in [2.24, 2.45) is 0 Å². The van der Waals surface area contributed by atoms with Crippen LogP contribution in [-0.4, -0.2) is 39.1 Å². The Morgan fingerprint density at radius 2 is 1.79 bits per heavy atom. The summed E-state index contributed by atoms with van der Waals surface area (Å²) in [5, 5.41) is 2.80. The summed E-state index contributed by atoms with van der Waals surface area (Å²) in [6.45, 7) is 2.47. The average Bonchev–Trinajstić information content (AvgIpc) is 3.12. The molecule has 0 aromatic heterocycles. The summed E-state index contributed by atoms with van der Waals surface area (Å²) < 4.78 is 26.0. The van der Waals surface area contributed by atoms with Gasteiger partial charge < -0.3 is 10.2 Å². The molecule has 0 spiro atoms. The molecule has 0 bridgehead atoms. The number of para-hydroxylation sites is 1. The maximum Gasteiger partial charge on any atom is 0.248 e. The second-order valence-electron chi connectivity index (χ2n) is 7.00. The van der Waals surface area contributed by atoms with Gasteiger partial charge in [-0.25, -0.2) is 8.42 Å². The summed E-state index contributed by atoms with van der Waals surface area (Å²) >= 11 is 0. The van der Waals surface area contributed by atoms with E-state index in [1.54, 1.807) is 66.4 Å². The third-order valence-electron chi connectivity index (χ3n) is 4.86. The number of sulfonamides is 1. The van der Waals surface area contributed by atoms with Crippen LogP contribution in [0.1, 0.15) is 26.2 Å². The molecule has 2 amide bonds. The highest BCUT2D eigenvalue weighted by molar-refractivity contribution is 7.92. The van der Waals surface area contributed by atoms with Crippen LogP contribution < -0.4 is 14.5 Å². The zero-order chi connectivity index (χ0) is 21.0. The minimum atomic E-state index is -3.66. The third-order valence-corrected chi connectivity index (χ3v) is 6.04. The van der Waals surface area contributed by atoms with Gasteiger partial charge in [-0.05, 0) is 49.2 Å². The summed E-state index contributed by atoms with van der Waals surface area (Å²) in [5.74, 6) is -0.314. The molecule has 7 nitrogen and oxygen atoms in total. The normalized spacial score (nSPS) is 15.2. The van der Waals surface area contributed by atoms with Crippen LogP contribution in [0.5, 0.6) is 0 Å². The van der Waals surface area contributed by atoms with Crippen molar-refractivity contribution in [3.8, 4) is 0 Å². The quantitative estimate of drug-likeness (QED) is 0.753. The Balaban J connectivity index is 1.79. The molecule has 0 aliphatic carbocycles. The van der Waals surface area contributed by atoms with E-state index >= 15 is 0 Å². The van der Waals surface area contributed by atoms with Crippen molar-refractivity contribution in [1.82, 2.24) is 0 Å². The Hall–Kier alpha value is -2.87. The average molecular weight is 416 g/mol. The molecule has 154 valence electrons. The molecule has 2 aromatic rings. The summed E-state index contributed by atoms with van der Waals surface area (Å²) in [4.78, 5) is 26.5. The van der Waals surface area contributed by atoms with Crippen LogP contribution in [0.15, 0.2) is 54.6 Å². The smallest absolute Gasteiger partial charge is 0.248 e. The summed E-state index contributed by atoms with van der Waals surface area (Å²) in [6.07, 6.45) is 2.81. The topological polar surface area (TPSA) is 86.8 Å². The first-order valence-corrected chi connectivity index (χ1v) is 11.4. The molecule has 1 heterocycles. The zero-order valence-electron chi connectivity index (χ0n) is 16.5. The highest BCUT2D eigenvalue weighted by Gasteiger charge is 2.31. The van der Waals surface area contributed by atoms with Gasteiger partial charge in [0.15, 0.2) is 0 Å². The fraction of sp³-hybridized carbons (Fsp3) is 0.333. The van der Waals surface area contributed by atoms with Crippen molar-refractivity contribution in [2.75, 3.05) is 27.3 Å². The molecule has 1 N–H and O–H groups in total. The molecule has 1 aliphatic rings. The number of hydrogen-bond donors (Lipinski definition) is 1. The van der Waals surface area contributed by atoms with E-state index in [2.05, 4.69) is 5.32 Å². The first-order valence-electron chi connectivity index (χ1n) is 9.57. The van der Waals surface area contributed by atoms with Crippen molar-refractivity contribution in [3.63, 3.8) is 0 Å².